The monoisotopic (exact) mass is 158 g/mol. The van der Waals surface area contributed by atoms with Crippen LogP contribution in [0.4, 0.5) is 0 Å². The van der Waals surface area contributed by atoms with E-state index in [9.17, 15) is 0 Å². The van der Waals surface area contributed by atoms with E-state index in [-0.39, 0.29) is 5.54 Å². The normalized spacial score (nSPS) is 19.4. The third-order valence-corrected chi connectivity index (χ3v) is 2.47. The van der Waals surface area contributed by atoms with Crippen molar-refractivity contribution >= 4 is 0 Å². The molecule has 0 aromatic carbocycles. The molecule has 0 fully saturated rings. The van der Waals surface area contributed by atoms with Gasteiger partial charge in [-0.3, -0.25) is 0 Å². The molecule has 0 saturated heterocycles. The van der Waals surface area contributed by atoms with Crippen molar-refractivity contribution in [2.45, 2.75) is 45.6 Å². The smallest absolute Gasteiger partial charge is 0.0126 e. The van der Waals surface area contributed by atoms with E-state index in [4.69, 9.17) is 11.5 Å². The molecule has 0 heterocycles. The lowest BCUT2D eigenvalue weighted by Gasteiger charge is -2.27. The van der Waals surface area contributed by atoms with Crippen molar-refractivity contribution in [1.29, 1.82) is 0 Å². The summed E-state index contributed by atoms with van der Waals surface area (Å²) >= 11 is 0. The summed E-state index contributed by atoms with van der Waals surface area (Å²) in [5.41, 5.74) is 11.6. The van der Waals surface area contributed by atoms with Gasteiger partial charge in [-0.1, -0.05) is 20.3 Å². The number of hydrogen-bond donors (Lipinski definition) is 2. The second kappa shape index (κ2) is 4.73. The van der Waals surface area contributed by atoms with Gasteiger partial charge in [0.25, 0.3) is 0 Å². The van der Waals surface area contributed by atoms with Gasteiger partial charge in [-0.05, 0) is 32.2 Å². The molecule has 0 amide bonds. The predicted molar refractivity (Wildman–Crippen MR) is 50.3 cm³/mol. The largest absolute Gasteiger partial charge is 0.330 e. The summed E-state index contributed by atoms with van der Waals surface area (Å²) in [5, 5.41) is 0. The first-order chi connectivity index (χ1) is 5.05. The average molecular weight is 158 g/mol. The van der Waals surface area contributed by atoms with Gasteiger partial charge in [-0.25, -0.2) is 0 Å². The van der Waals surface area contributed by atoms with Gasteiger partial charge in [0.1, 0.15) is 0 Å². The molecule has 0 aromatic rings. The second-order valence-corrected chi connectivity index (χ2v) is 3.72. The van der Waals surface area contributed by atoms with Crippen LogP contribution in [-0.4, -0.2) is 12.1 Å². The average Bonchev–Trinajstić information content (AvgIpc) is 2.00. The van der Waals surface area contributed by atoms with Crippen molar-refractivity contribution in [3.63, 3.8) is 0 Å². The molecule has 0 aliphatic carbocycles. The molecule has 0 rings (SSSR count). The number of nitrogens with two attached hydrogens (primary N) is 2. The molecule has 2 heteroatoms. The molecule has 2 atom stereocenters. The van der Waals surface area contributed by atoms with Gasteiger partial charge in [0.15, 0.2) is 0 Å². The van der Waals surface area contributed by atoms with Crippen LogP contribution in [0.15, 0.2) is 0 Å². The molecule has 0 aromatic heterocycles. The Morgan fingerprint density at radius 2 is 1.91 bits per heavy atom. The lowest BCUT2D eigenvalue weighted by molar-refractivity contribution is 0.327. The van der Waals surface area contributed by atoms with Crippen LogP contribution in [0.1, 0.15) is 40.0 Å². The van der Waals surface area contributed by atoms with Crippen LogP contribution in [0.5, 0.6) is 0 Å². The molecular weight excluding hydrogens is 136 g/mol. The fourth-order valence-corrected chi connectivity index (χ4v) is 1.20. The fourth-order valence-electron chi connectivity index (χ4n) is 1.20. The van der Waals surface area contributed by atoms with Crippen LogP contribution < -0.4 is 11.5 Å². The summed E-state index contributed by atoms with van der Waals surface area (Å²) in [6.07, 6.45) is 3.23. The highest BCUT2D eigenvalue weighted by Crippen LogP contribution is 2.18. The Labute approximate surface area is 70.3 Å². The summed E-state index contributed by atoms with van der Waals surface area (Å²) in [6, 6.07) is 0. The quantitative estimate of drug-likeness (QED) is 0.637. The van der Waals surface area contributed by atoms with Crippen molar-refractivity contribution in [3.8, 4) is 0 Å². The Morgan fingerprint density at radius 3 is 2.18 bits per heavy atom. The molecule has 0 saturated carbocycles. The van der Waals surface area contributed by atoms with E-state index in [1.807, 2.05) is 0 Å². The highest BCUT2D eigenvalue weighted by atomic mass is 14.7. The summed E-state index contributed by atoms with van der Waals surface area (Å²) in [5.74, 6) is 0.602. The molecule has 2 unspecified atom stereocenters. The van der Waals surface area contributed by atoms with Gasteiger partial charge in [0, 0.05) is 5.54 Å². The zero-order valence-corrected chi connectivity index (χ0v) is 8.06. The Hall–Kier alpha value is -0.0800. The van der Waals surface area contributed by atoms with Crippen molar-refractivity contribution in [2.24, 2.45) is 17.4 Å². The van der Waals surface area contributed by atoms with Gasteiger partial charge in [-0.15, -0.1) is 0 Å². The fraction of sp³-hybridized carbons (Fsp3) is 1.00. The van der Waals surface area contributed by atoms with Crippen LogP contribution >= 0.6 is 0 Å². The maximum Gasteiger partial charge on any atom is 0.0126 e. The van der Waals surface area contributed by atoms with Crippen LogP contribution in [0.3, 0.4) is 0 Å². The third-order valence-electron chi connectivity index (χ3n) is 2.47. The van der Waals surface area contributed by atoms with Gasteiger partial charge < -0.3 is 11.5 Å². The molecule has 11 heavy (non-hydrogen) atoms. The van der Waals surface area contributed by atoms with Crippen molar-refractivity contribution in [1.82, 2.24) is 0 Å². The molecule has 2 nitrogen and oxygen atoms in total. The lowest BCUT2D eigenvalue weighted by atomic mass is 9.86. The predicted octanol–water partition coefficient (Wildman–Crippen LogP) is 1.49. The minimum Gasteiger partial charge on any atom is -0.330 e. The molecule has 0 aliphatic rings. The minimum absolute atomic E-state index is 0.0138. The third kappa shape index (κ3) is 4.38. The van der Waals surface area contributed by atoms with E-state index >= 15 is 0 Å². The maximum absolute atomic E-state index is 6.01. The summed E-state index contributed by atoms with van der Waals surface area (Å²) < 4.78 is 0. The van der Waals surface area contributed by atoms with Gasteiger partial charge in [0.05, 0.1) is 0 Å². The van der Waals surface area contributed by atoms with Crippen LogP contribution in [0.2, 0.25) is 0 Å². The van der Waals surface area contributed by atoms with E-state index in [0.717, 1.165) is 25.8 Å². The first-order valence-corrected chi connectivity index (χ1v) is 4.54. The van der Waals surface area contributed by atoms with E-state index in [0.29, 0.717) is 5.92 Å². The molecule has 0 radical (unpaired) electrons. The van der Waals surface area contributed by atoms with Gasteiger partial charge >= 0.3 is 0 Å². The second-order valence-electron chi connectivity index (χ2n) is 3.72. The maximum atomic E-state index is 6.01. The van der Waals surface area contributed by atoms with E-state index in [1.54, 1.807) is 0 Å². The zero-order valence-electron chi connectivity index (χ0n) is 8.06. The topological polar surface area (TPSA) is 52.0 Å². The Morgan fingerprint density at radius 1 is 1.36 bits per heavy atom. The molecule has 0 bridgehead atoms. The van der Waals surface area contributed by atoms with Crippen molar-refractivity contribution < 1.29 is 0 Å². The highest BCUT2D eigenvalue weighted by Gasteiger charge is 2.19. The molecule has 0 spiro atoms. The van der Waals surface area contributed by atoms with Crippen LogP contribution in [-0.2, 0) is 0 Å². The molecule has 0 aliphatic heterocycles. The molecule has 4 N–H and O–H groups in total. The summed E-state index contributed by atoms with van der Waals surface area (Å²) in [6.45, 7) is 7.17. The Balaban J connectivity index is 3.79. The summed E-state index contributed by atoms with van der Waals surface area (Å²) in [4.78, 5) is 0. The van der Waals surface area contributed by atoms with Crippen molar-refractivity contribution in [2.75, 3.05) is 6.54 Å². The number of rotatable bonds is 5. The molecular formula is C9H22N2. The van der Waals surface area contributed by atoms with E-state index < -0.39 is 0 Å². The minimum atomic E-state index is -0.0138. The van der Waals surface area contributed by atoms with Crippen LogP contribution in [0.25, 0.3) is 0 Å². The Kier molecular flexibility index (Phi) is 4.69. The lowest BCUT2D eigenvalue weighted by Crippen LogP contribution is -2.38. The van der Waals surface area contributed by atoms with Gasteiger partial charge in [-0.2, -0.15) is 0 Å². The van der Waals surface area contributed by atoms with E-state index in [1.165, 1.54) is 0 Å². The van der Waals surface area contributed by atoms with E-state index in [2.05, 4.69) is 20.8 Å². The van der Waals surface area contributed by atoms with Crippen LogP contribution in [0, 0.1) is 5.92 Å². The summed E-state index contributed by atoms with van der Waals surface area (Å²) in [7, 11) is 0. The first kappa shape index (κ1) is 10.9. The standard InChI is InChI=1S/C9H22N2/c1-4-8(7-10)6-9(3,11)5-2/h8H,4-7,10-11H2,1-3H3. The van der Waals surface area contributed by atoms with Crippen molar-refractivity contribution in [3.05, 3.63) is 0 Å². The highest BCUT2D eigenvalue weighted by molar-refractivity contribution is 4.80. The molecule has 68 valence electrons. The van der Waals surface area contributed by atoms with Gasteiger partial charge in [0.2, 0.25) is 0 Å². The SMILES string of the molecule is CCC(CN)CC(C)(N)CC. The Bertz CT molecular complexity index is 95.7. The zero-order chi connectivity index (χ0) is 8.91. The first-order valence-electron chi connectivity index (χ1n) is 4.54. The number of hydrogen-bond acceptors (Lipinski definition) is 2.